The third-order valence-corrected chi connectivity index (χ3v) is 6.30. The number of anilines is 1. The number of nitro groups is 2. The van der Waals surface area contributed by atoms with Crippen molar-refractivity contribution in [3.8, 4) is 0 Å². The van der Waals surface area contributed by atoms with Crippen molar-refractivity contribution in [3.63, 3.8) is 0 Å². The molecule has 1 atom stereocenters. The average molecular weight is 580 g/mol. The molecule has 1 aliphatic heterocycles. The molecule has 1 aliphatic rings. The van der Waals surface area contributed by atoms with E-state index in [9.17, 15) is 39.4 Å². The summed E-state index contributed by atoms with van der Waals surface area (Å²) in [5.41, 5.74) is -2.27. The molecule has 4 heterocycles. The topological polar surface area (TPSA) is 191 Å². The molecule has 0 bridgehead atoms. The van der Waals surface area contributed by atoms with E-state index in [1.165, 1.54) is 20.2 Å². The lowest BCUT2D eigenvalue weighted by atomic mass is 9.99. The molecule has 0 aromatic carbocycles. The number of aryl methyl sites for hydroxylation is 1. The van der Waals surface area contributed by atoms with E-state index in [0.29, 0.717) is 0 Å². The van der Waals surface area contributed by atoms with Crippen LogP contribution in [0.1, 0.15) is 10.4 Å². The summed E-state index contributed by atoms with van der Waals surface area (Å²) in [6.07, 6.45) is 0. The van der Waals surface area contributed by atoms with Gasteiger partial charge in [0.25, 0.3) is 5.56 Å². The molecular formula is C18H10Cl4N6O8. The quantitative estimate of drug-likeness (QED) is 0.205. The standard InChI is InChI=1S/C9H4Cl3N3O3.C9H6ClN3O5/c1-14-8-3(2-4(10)7(12)13-8)5(11)6(9(14)16)15(17)18;1-12-7-3(2-4(10)8(15)11-7)6(14)5(9(12)16)13(17)18/h2H,1H3;2,5H,1H3,(H,11,15). The smallest absolute Gasteiger partial charge is 0.307 e. The lowest BCUT2D eigenvalue weighted by Crippen LogP contribution is -2.51. The van der Waals surface area contributed by atoms with Crippen LogP contribution in [0.15, 0.2) is 21.7 Å². The largest absolute Gasteiger partial charge is 0.353 e. The van der Waals surface area contributed by atoms with Crippen LogP contribution in [-0.4, -0.2) is 49.2 Å². The van der Waals surface area contributed by atoms with Gasteiger partial charge in [-0.15, -0.1) is 0 Å². The summed E-state index contributed by atoms with van der Waals surface area (Å²) >= 11 is 22.9. The molecule has 0 spiro atoms. The maximum Gasteiger partial charge on any atom is 0.353 e. The molecule has 0 aliphatic carbocycles. The summed E-state index contributed by atoms with van der Waals surface area (Å²) in [7, 11) is 2.57. The number of halogens is 4. The van der Waals surface area contributed by atoms with Gasteiger partial charge in [-0.3, -0.25) is 48.9 Å². The molecule has 18 heteroatoms. The fraction of sp³-hybridized carbons (Fsp3) is 0.167. The highest BCUT2D eigenvalue weighted by molar-refractivity contribution is 6.43. The summed E-state index contributed by atoms with van der Waals surface area (Å²) in [5.74, 6) is -2.08. The molecule has 0 saturated heterocycles. The number of aromatic amines is 1. The summed E-state index contributed by atoms with van der Waals surface area (Å²) in [6, 6.07) is 0.364. The maximum atomic E-state index is 11.8. The molecule has 14 nitrogen and oxygen atoms in total. The second-order valence-corrected chi connectivity index (χ2v) is 8.62. The second kappa shape index (κ2) is 9.81. The van der Waals surface area contributed by atoms with Crippen LogP contribution in [0.25, 0.3) is 11.0 Å². The van der Waals surface area contributed by atoms with E-state index in [4.69, 9.17) is 46.4 Å². The molecule has 36 heavy (non-hydrogen) atoms. The number of nitrogens with zero attached hydrogens (tertiary/aromatic N) is 5. The highest BCUT2D eigenvalue weighted by Gasteiger charge is 2.47. The number of hydrogen-bond donors (Lipinski definition) is 1. The van der Waals surface area contributed by atoms with Crippen molar-refractivity contribution in [1.82, 2.24) is 14.5 Å². The number of Topliss-reactive ketones (excluding diaryl/α,β-unsaturated/α-hetero) is 1. The number of aromatic nitrogens is 3. The zero-order valence-electron chi connectivity index (χ0n) is 17.7. The van der Waals surface area contributed by atoms with Gasteiger partial charge in [-0.05, 0) is 12.1 Å². The maximum absolute atomic E-state index is 11.8. The summed E-state index contributed by atoms with van der Waals surface area (Å²) in [5, 5.41) is 21.2. The predicted octanol–water partition coefficient (Wildman–Crippen LogP) is 2.63. The molecule has 188 valence electrons. The van der Waals surface area contributed by atoms with Gasteiger partial charge in [0.1, 0.15) is 26.7 Å². The Morgan fingerprint density at radius 2 is 1.61 bits per heavy atom. The van der Waals surface area contributed by atoms with Gasteiger partial charge in [0, 0.05) is 24.4 Å². The Bertz CT molecular complexity index is 1620. The summed E-state index contributed by atoms with van der Waals surface area (Å²) < 4.78 is 1.00. The number of pyridine rings is 3. The molecule has 1 amide bonds. The van der Waals surface area contributed by atoms with E-state index >= 15 is 0 Å². The van der Waals surface area contributed by atoms with Crippen molar-refractivity contribution >= 4 is 80.6 Å². The third kappa shape index (κ3) is 4.51. The van der Waals surface area contributed by atoms with Crippen LogP contribution in [0.3, 0.4) is 0 Å². The highest BCUT2D eigenvalue weighted by Crippen LogP contribution is 2.32. The van der Waals surface area contributed by atoms with Gasteiger partial charge in [-0.2, -0.15) is 0 Å². The van der Waals surface area contributed by atoms with Gasteiger partial charge >= 0.3 is 23.2 Å². The number of H-pyrrole nitrogens is 1. The Labute approximate surface area is 218 Å². The van der Waals surface area contributed by atoms with E-state index in [2.05, 4.69) is 9.97 Å². The SMILES string of the molecule is CN1C(=O)C([N+](=O)[O-])C(=O)c2cc(Cl)c(=O)[nH]c21.Cn1c(=O)c([N+](=O)[O-])c(Cl)c2cc(Cl)c(Cl)nc21. The first kappa shape index (κ1) is 27.0. The number of hydrogen-bond acceptors (Lipinski definition) is 9. The first-order valence-electron chi connectivity index (χ1n) is 9.25. The van der Waals surface area contributed by atoms with Crippen LogP contribution in [0, 0.1) is 20.2 Å². The van der Waals surface area contributed by atoms with E-state index < -0.39 is 44.4 Å². The molecule has 1 unspecified atom stereocenters. The van der Waals surface area contributed by atoms with Crippen molar-refractivity contribution in [2.45, 2.75) is 6.04 Å². The van der Waals surface area contributed by atoms with Crippen LogP contribution in [0.5, 0.6) is 0 Å². The Hall–Kier alpha value is -3.59. The molecule has 3 aromatic rings. The summed E-state index contributed by atoms with van der Waals surface area (Å²) in [4.78, 5) is 73.2. The van der Waals surface area contributed by atoms with Crippen LogP contribution in [0.4, 0.5) is 11.5 Å². The van der Waals surface area contributed by atoms with Crippen molar-refractivity contribution in [1.29, 1.82) is 0 Å². The van der Waals surface area contributed by atoms with Crippen LogP contribution >= 0.6 is 46.4 Å². The summed E-state index contributed by atoms with van der Waals surface area (Å²) in [6.45, 7) is 0. The van der Waals surface area contributed by atoms with E-state index in [1.807, 2.05) is 0 Å². The lowest BCUT2D eigenvalue weighted by molar-refractivity contribution is -0.491. The fourth-order valence-corrected chi connectivity index (χ4v) is 3.93. The van der Waals surface area contributed by atoms with Crippen LogP contribution in [-0.2, 0) is 11.8 Å². The van der Waals surface area contributed by atoms with E-state index in [-0.39, 0.29) is 42.6 Å². The average Bonchev–Trinajstić information content (AvgIpc) is 2.79. The number of rotatable bonds is 2. The number of carbonyl (C=O) groups excluding carboxylic acids is 2. The Balaban J connectivity index is 0.000000201. The second-order valence-electron chi connectivity index (χ2n) is 7.07. The number of fused-ring (bicyclic) bond motifs is 2. The van der Waals surface area contributed by atoms with Crippen molar-refractivity contribution in [2.24, 2.45) is 7.05 Å². The predicted molar refractivity (Wildman–Crippen MR) is 129 cm³/mol. The number of carbonyl (C=O) groups is 2. The zero-order chi connectivity index (χ0) is 27.2. The lowest BCUT2D eigenvalue weighted by Gasteiger charge is -2.25. The number of ketones is 1. The van der Waals surface area contributed by atoms with Gasteiger partial charge in [0.2, 0.25) is 5.78 Å². The molecular weight excluding hydrogens is 570 g/mol. The van der Waals surface area contributed by atoms with E-state index in [0.717, 1.165) is 15.5 Å². The zero-order valence-corrected chi connectivity index (χ0v) is 20.8. The van der Waals surface area contributed by atoms with Crippen LogP contribution in [0.2, 0.25) is 20.2 Å². The van der Waals surface area contributed by atoms with Gasteiger partial charge in [-0.1, -0.05) is 46.4 Å². The van der Waals surface area contributed by atoms with E-state index in [1.54, 1.807) is 0 Å². The Morgan fingerprint density at radius 3 is 2.17 bits per heavy atom. The number of nitrogens with one attached hydrogen (secondary N) is 1. The number of amides is 1. The molecule has 4 rings (SSSR count). The Kier molecular flexibility index (Phi) is 7.36. The third-order valence-electron chi connectivity index (χ3n) is 4.96. The van der Waals surface area contributed by atoms with Gasteiger partial charge in [0.05, 0.1) is 15.5 Å². The van der Waals surface area contributed by atoms with Crippen LogP contribution < -0.4 is 16.0 Å². The molecule has 0 radical (unpaired) electrons. The molecule has 0 saturated carbocycles. The normalized spacial score (nSPS) is 14.8. The number of likely N-dealkylation sites (N-methyl/N-ethyl adjacent to an activating group) is 1. The fourth-order valence-electron chi connectivity index (χ4n) is 3.20. The van der Waals surface area contributed by atoms with Crippen molar-refractivity contribution in [3.05, 3.63) is 78.9 Å². The monoisotopic (exact) mass is 578 g/mol. The highest BCUT2D eigenvalue weighted by atomic mass is 35.5. The van der Waals surface area contributed by atoms with Gasteiger partial charge in [0.15, 0.2) is 0 Å². The van der Waals surface area contributed by atoms with Crippen molar-refractivity contribution in [2.75, 3.05) is 11.9 Å². The molecule has 1 N–H and O–H groups in total. The van der Waals surface area contributed by atoms with Gasteiger partial charge < -0.3 is 4.98 Å². The minimum Gasteiger partial charge on any atom is -0.307 e. The van der Waals surface area contributed by atoms with Crippen molar-refractivity contribution < 1.29 is 19.4 Å². The minimum atomic E-state index is -2.00. The minimum absolute atomic E-state index is 0.0101. The Morgan fingerprint density at radius 1 is 1.00 bits per heavy atom. The molecule has 3 aromatic heterocycles. The molecule has 0 fully saturated rings. The van der Waals surface area contributed by atoms with Gasteiger partial charge in [-0.25, -0.2) is 4.98 Å². The first-order chi connectivity index (χ1) is 16.7. The first-order valence-corrected chi connectivity index (χ1v) is 10.8.